The molecule has 1 aromatic rings. The van der Waals surface area contributed by atoms with E-state index in [1.165, 1.54) is 24.5 Å². The molecule has 25 heavy (non-hydrogen) atoms. The smallest absolute Gasteiger partial charge is 0.317 e. The van der Waals surface area contributed by atoms with E-state index in [-0.39, 0.29) is 17.5 Å². The third-order valence-corrected chi connectivity index (χ3v) is 5.01. The summed E-state index contributed by atoms with van der Waals surface area (Å²) in [6.07, 6.45) is 6.93. The molecule has 0 spiro atoms. The fraction of sp³-hybridized carbons (Fsp3) is 0.474. The average Bonchev–Trinajstić information content (AvgIpc) is 2.62. The Labute approximate surface area is 152 Å². The van der Waals surface area contributed by atoms with Crippen LogP contribution in [-0.4, -0.2) is 30.3 Å². The summed E-state index contributed by atoms with van der Waals surface area (Å²) in [5.74, 6) is -1.25. The molecule has 6 heteroatoms. The number of rotatable bonds is 8. The van der Waals surface area contributed by atoms with Crippen molar-refractivity contribution >= 4 is 23.6 Å². The van der Waals surface area contributed by atoms with Crippen molar-refractivity contribution in [2.75, 3.05) is 12.3 Å². The Hall–Kier alpha value is -1.82. The minimum Gasteiger partial charge on any atom is -0.452 e. The van der Waals surface area contributed by atoms with Gasteiger partial charge in [0.25, 0.3) is 5.91 Å². The summed E-state index contributed by atoms with van der Waals surface area (Å²) in [6, 6.07) is 6.23. The number of thioether (sulfide) groups is 1. The third kappa shape index (κ3) is 6.90. The standard InChI is InChI=1S/C19H24FNO3S/c1-14(19(23)21-12-11-15-7-3-2-4-8-15)24-18(22)13-25-17-10-6-5-9-16(17)20/h5-7,9-10,14H,2-4,8,11-13H2,1H3,(H,21,23)/t14-/m1/s1. The normalized spacial score (nSPS) is 15.2. The van der Waals surface area contributed by atoms with Crippen LogP contribution in [0.25, 0.3) is 0 Å². The Morgan fingerprint density at radius 3 is 2.84 bits per heavy atom. The molecule has 136 valence electrons. The van der Waals surface area contributed by atoms with Gasteiger partial charge in [-0.25, -0.2) is 4.39 Å². The number of carbonyl (C=O) groups excluding carboxylic acids is 2. The molecule has 1 atom stereocenters. The summed E-state index contributed by atoms with van der Waals surface area (Å²) >= 11 is 1.06. The molecule has 0 unspecified atom stereocenters. The molecule has 1 aliphatic rings. The van der Waals surface area contributed by atoms with Crippen molar-refractivity contribution in [3.05, 3.63) is 41.7 Å². The molecule has 0 saturated carbocycles. The topological polar surface area (TPSA) is 55.4 Å². The highest BCUT2D eigenvalue weighted by molar-refractivity contribution is 8.00. The summed E-state index contributed by atoms with van der Waals surface area (Å²) in [7, 11) is 0. The highest BCUT2D eigenvalue weighted by Gasteiger charge is 2.18. The van der Waals surface area contributed by atoms with Crippen LogP contribution in [0.1, 0.15) is 39.0 Å². The minimum atomic E-state index is -0.853. The number of esters is 1. The minimum absolute atomic E-state index is 0.0363. The highest BCUT2D eigenvalue weighted by atomic mass is 32.2. The highest BCUT2D eigenvalue weighted by Crippen LogP contribution is 2.21. The van der Waals surface area contributed by atoms with Crippen LogP contribution >= 0.6 is 11.8 Å². The van der Waals surface area contributed by atoms with Gasteiger partial charge in [0, 0.05) is 11.4 Å². The lowest BCUT2D eigenvalue weighted by atomic mass is 9.97. The number of halogens is 1. The Bertz CT molecular complexity index is 633. The van der Waals surface area contributed by atoms with Gasteiger partial charge in [0.2, 0.25) is 0 Å². The lowest BCUT2D eigenvalue weighted by molar-refractivity contribution is -0.152. The second-order valence-corrected chi connectivity index (χ2v) is 7.02. The monoisotopic (exact) mass is 365 g/mol. The zero-order valence-electron chi connectivity index (χ0n) is 14.4. The zero-order valence-corrected chi connectivity index (χ0v) is 15.2. The summed E-state index contributed by atoms with van der Waals surface area (Å²) in [6.45, 7) is 2.09. The van der Waals surface area contributed by atoms with E-state index in [1.54, 1.807) is 25.1 Å². The molecule has 1 N–H and O–H groups in total. The van der Waals surface area contributed by atoms with Crippen molar-refractivity contribution in [1.29, 1.82) is 0 Å². The quantitative estimate of drug-likeness (QED) is 0.432. The van der Waals surface area contributed by atoms with Gasteiger partial charge in [-0.1, -0.05) is 23.8 Å². The largest absolute Gasteiger partial charge is 0.452 e. The van der Waals surface area contributed by atoms with Crippen molar-refractivity contribution in [3.8, 4) is 0 Å². The van der Waals surface area contributed by atoms with Crippen LogP contribution in [0.5, 0.6) is 0 Å². The Balaban J connectivity index is 1.66. The summed E-state index contributed by atoms with van der Waals surface area (Å²) in [5, 5.41) is 2.79. The van der Waals surface area contributed by atoms with Gasteiger partial charge in [-0.2, -0.15) is 0 Å². The predicted molar refractivity (Wildman–Crippen MR) is 96.9 cm³/mol. The van der Waals surface area contributed by atoms with Gasteiger partial charge in [-0.15, -0.1) is 11.8 Å². The van der Waals surface area contributed by atoms with Gasteiger partial charge in [-0.3, -0.25) is 9.59 Å². The molecule has 0 radical (unpaired) electrons. The Kier molecular flexibility index (Phi) is 7.98. The van der Waals surface area contributed by atoms with Gasteiger partial charge in [0.05, 0.1) is 5.75 Å². The molecular weight excluding hydrogens is 341 g/mol. The molecule has 1 aliphatic carbocycles. The van der Waals surface area contributed by atoms with Crippen LogP contribution in [0.15, 0.2) is 40.8 Å². The Morgan fingerprint density at radius 1 is 1.32 bits per heavy atom. The number of ether oxygens (including phenoxy) is 1. The van der Waals surface area contributed by atoms with Crippen LogP contribution in [0.3, 0.4) is 0 Å². The number of nitrogens with one attached hydrogen (secondary N) is 1. The molecule has 0 bridgehead atoms. The van der Waals surface area contributed by atoms with Gasteiger partial charge in [0.1, 0.15) is 5.82 Å². The van der Waals surface area contributed by atoms with Crippen LogP contribution in [0.2, 0.25) is 0 Å². The van der Waals surface area contributed by atoms with Crippen LogP contribution < -0.4 is 5.32 Å². The zero-order chi connectivity index (χ0) is 18.1. The maximum Gasteiger partial charge on any atom is 0.317 e. The van der Waals surface area contributed by atoms with Crippen molar-refractivity contribution in [1.82, 2.24) is 5.32 Å². The molecule has 0 aromatic heterocycles. The Morgan fingerprint density at radius 2 is 2.12 bits per heavy atom. The van der Waals surface area contributed by atoms with Crippen molar-refractivity contribution in [2.24, 2.45) is 0 Å². The van der Waals surface area contributed by atoms with Crippen LogP contribution in [0.4, 0.5) is 4.39 Å². The maximum atomic E-state index is 13.5. The van der Waals surface area contributed by atoms with E-state index in [4.69, 9.17) is 4.74 Å². The fourth-order valence-corrected chi connectivity index (χ4v) is 3.33. The van der Waals surface area contributed by atoms with Crippen LogP contribution in [0, 0.1) is 5.82 Å². The van der Waals surface area contributed by atoms with E-state index >= 15 is 0 Å². The number of allylic oxidation sites excluding steroid dienone is 1. The molecule has 2 rings (SSSR count). The van der Waals surface area contributed by atoms with E-state index in [1.807, 2.05) is 0 Å². The lowest BCUT2D eigenvalue weighted by Gasteiger charge is -2.15. The van der Waals surface area contributed by atoms with Gasteiger partial charge < -0.3 is 10.1 Å². The van der Waals surface area contributed by atoms with Gasteiger partial charge in [-0.05, 0) is 51.2 Å². The van der Waals surface area contributed by atoms with Crippen LogP contribution in [-0.2, 0) is 14.3 Å². The first-order valence-electron chi connectivity index (χ1n) is 8.58. The van der Waals surface area contributed by atoms with E-state index in [0.29, 0.717) is 11.4 Å². The third-order valence-electron chi connectivity index (χ3n) is 3.99. The summed E-state index contributed by atoms with van der Waals surface area (Å²) in [5.41, 5.74) is 1.39. The molecule has 0 saturated heterocycles. The first-order chi connectivity index (χ1) is 12.1. The molecule has 0 aliphatic heterocycles. The number of benzene rings is 1. The van der Waals surface area contributed by atoms with Crippen molar-refractivity contribution in [3.63, 3.8) is 0 Å². The second kappa shape index (κ2) is 10.2. The molecule has 4 nitrogen and oxygen atoms in total. The van der Waals surface area contributed by atoms with Gasteiger partial charge >= 0.3 is 5.97 Å². The van der Waals surface area contributed by atoms with E-state index in [0.717, 1.165) is 31.0 Å². The molecule has 0 heterocycles. The summed E-state index contributed by atoms with van der Waals surface area (Å²) in [4.78, 5) is 24.2. The summed E-state index contributed by atoms with van der Waals surface area (Å²) < 4.78 is 18.6. The molecule has 1 amide bonds. The number of hydrogen-bond acceptors (Lipinski definition) is 4. The molecular formula is C19H24FNO3S. The second-order valence-electron chi connectivity index (χ2n) is 6.00. The number of carbonyl (C=O) groups is 2. The maximum absolute atomic E-state index is 13.5. The van der Waals surface area contributed by atoms with Crippen molar-refractivity contribution < 1.29 is 18.7 Å². The van der Waals surface area contributed by atoms with E-state index in [9.17, 15) is 14.0 Å². The van der Waals surface area contributed by atoms with Gasteiger partial charge in [0.15, 0.2) is 6.10 Å². The predicted octanol–water partition coefficient (Wildman–Crippen LogP) is 3.86. The molecule has 0 fully saturated rings. The first kappa shape index (κ1) is 19.5. The SMILES string of the molecule is C[C@@H](OC(=O)CSc1ccccc1F)C(=O)NCCC1=CCCCC1. The first-order valence-corrected chi connectivity index (χ1v) is 9.57. The van der Waals surface area contributed by atoms with Crippen molar-refractivity contribution in [2.45, 2.75) is 50.0 Å². The molecule has 1 aromatic carbocycles. The van der Waals surface area contributed by atoms with E-state index in [2.05, 4.69) is 11.4 Å². The lowest BCUT2D eigenvalue weighted by Crippen LogP contribution is -2.36. The fourth-order valence-electron chi connectivity index (χ4n) is 2.60. The average molecular weight is 365 g/mol. The number of amides is 1. The van der Waals surface area contributed by atoms with E-state index < -0.39 is 12.1 Å². The number of hydrogen-bond donors (Lipinski definition) is 1.